The average molecular weight is 769 g/mol. The molecule has 54 heavy (non-hydrogen) atoms. The molecule has 1 heterocycles. The minimum Gasteiger partial charge on any atom is -0.481 e. The van der Waals surface area contributed by atoms with Gasteiger partial charge in [-0.15, -0.1) is 0 Å². The van der Waals surface area contributed by atoms with Crippen molar-refractivity contribution < 1.29 is 52.1 Å². The van der Waals surface area contributed by atoms with E-state index in [1.54, 1.807) is 50.2 Å². The number of H-pyrrole nitrogens is 1. The molecule has 4 atom stereocenters. The first-order valence-electron chi connectivity index (χ1n) is 16.9. The second-order valence-corrected chi connectivity index (χ2v) is 14.4. The van der Waals surface area contributed by atoms with E-state index < -0.39 is 89.0 Å². The van der Waals surface area contributed by atoms with E-state index in [1.165, 1.54) is 36.8 Å². The van der Waals surface area contributed by atoms with Crippen molar-refractivity contribution in [3.8, 4) is 0 Å². The molecule has 3 aromatic rings. The molecule has 0 radical (unpaired) electrons. The summed E-state index contributed by atoms with van der Waals surface area (Å²) in [6, 6.07) is 10.6. The Bertz CT molecular complexity index is 1850. The smallest absolute Gasteiger partial charge is 0.408 e. The lowest BCUT2D eigenvalue weighted by Gasteiger charge is -2.26. The van der Waals surface area contributed by atoms with Gasteiger partial charge in [-0.05, 0) is 42.5 Å². The Labute approximate surface area is 311 Å². The van der Waals surface area contributed by atoms with E-state index >= 15 is 0 Å². The van der Waals surface area contributed by atoms with Gasteiger partial charge in [-0.3, -0.25) is 24.0 Å². The Morgan fingerprint density at radius 3 is 2.02 bits per heavy atom. The molecule has 2 aromatic carbocycles. The number of aromatic nitrogens is 2. The number of benzene rings is 2. The van der Waals surface area contributed by atoms with E-state index in [0.717, 1.165) is 11.5 Å². The number of carboxylic acids is 2. The van der Waals surface area contributed by atoms with Crippen molar-refractivity contribution in [2.45, 2.75) is 81.6 Å². The number of hydrogen-bond donors (Lipinski definition) is 7. The van der Waals surface area contributed by atoms with Gasteiger partial charge in [0.2, 0.25) is 17.7 Å². The topological polar surface area (TPSA) is 263 Å². The van der Waals surface area contributed by atoms with E-state index in [2.05, 4.69) is 31.2 Å². The number of carbonyl (C=O) groups excluding carboxylic acids is 4. The van der Waals surface area contributed by atoms with Crippen LogP contribution in [0.25, 0.3) is 0 Å². The summed E-state index contributed by atoms with van der Waals surface area (Å²) in [4.78, 5) is 83.4. The van der Waals surface area contributed by atoms with Crippen LogP contribution in [0.1, 0.15) is 50.8 Å². The second kappa shape index (κ2) is 20.9. The molecule has 0 aliphatic carbocycles. The highest BCUT2D eigenvalue weighted by atomic mass is 32.2. The summed E-state index contributed by atoms with van der Waals surface area (Å²) in [6.07, 6.45) is 1.07. The molecule has 0 aliphatic heterocycles. The molecule has 0 bridgehead atoms. The molecule has 0 unspecified atom stereocenters. The van der Waals surface area contributed by atoms with Gasteiger partial charge in [-0.2, -0.15) is 0 Å². The van der Waals surface area contributed by atoms with Crippen LogP contribution < -0.4 is 21.3 Å². The first-order chi connectivity index (χ1) is 25.6. The summed E-state index contributed by atoms with van der Waals surface area (Å²) in [6.45, 7) is 3.53. The molecular formula is C36H44N6O11S. The number of hydrogen-bond acceptors (Lipinski definition) is 10. The third-order valence-electron chi connectivity index (χ3n) is 7.69. The summed E-state index contributed by atoms with van der Waals surface area (Å²) in [5.74, 6) is -5.46. The fourth-order valence-corrected chi connectivity index (χ4v) is 6.13. The van der Waals surface area contributed by atoms with E-state index in [9.17, 15) is 47.4 Å². The number of ether oxygens (including phenoxy) is 1. The molecule has 3 rings (SSSR count). The van der Waals surface area contributed by atoms with Crippen molar-refractivity contribution in [3.63, 3.8) is 0 Å². The van der Waals surface area contributed by atoms with Crippen molar-refractivity contribution in [1.29, 1.82) is 0 Å². The van der Waals surface area contributed by atoms with Gasteiger partial charge in [0.15, 0.2) is 9.84 Å². The van der Waals surface area contributed by atoms with Gasteiger partial charge in [-0.25, -0.2) is 18.2 Å². The van der Waals surface area contributed by atoms with Gasteiger partial charge in [0.25, 0.3) is 0 Å². The van der Waals surface area contributed by atoms with Crippen LogP contribution in [0.3, 0.4) is 0 Å². The highest BCUT2D eigenvalue weighted by molar-refractivity contribution is 7.94. The minimum absolute atomic E-state index is 0.0605. The van der Waals surface area contributed by atoms with Gasteiger partial charge >= 0.3 is 18.0 Å². The number of nitrogens with zero attached hydrogens (tertiary/aromatic N) is 1. The van der Waals surface area contributed by atoms with E-state index in [4.69, 9.17) is 4.74 Å². The Balaban J connectivity index is 1.81. The number of alkyl carbamates (subject to hydrolysis) is 1. The Morgan fingerprint density at radius 1 is 0.815 bits per heavy atom. The molecule has 290 valence electrons. The highest BCUT2D eigenvalue weighted by Gasteiger charge is 2.32. The maximum Gasteiger partial charge on any atom is 0.408 e. The third-order valence-corrected chi connectivity index (χ3v) is 9.14. The van der Waals surface area contributed by atoms with Crippen LogP contribution >= 0.6 is 0 Å². The second-order valence-electron chi connectivity index (χ2n) is 12.6. The summed E-state index contributed by atoms with van der Waals surface area (Å²) in [5, 5.41) is 29.5. The van der Waals surface area contributed by atoms with E-state index in [1.807, 2.05) is 0 Å². The van der Waals surface area contributed by atoms with Gasteiger partial charge in [0, 0.05) is 24.4 Å². The Kier molecular flexibility index (Phi) is 16.4. The normalized spacial score (nSPS) is 13.6. The molecule has 0 aliphatic rings. The van der Waals surface area contributed by atoms with Crippen LogP contribution in [0.2, 0.25) is 0 Å². The molecule has 7 N–H and O–H groups in total. The lowest BCUT2D eigenvalue weighted by molar-refractivity contribution is -0.139. The number of nitrogens with one attached hydrogen (secondary N) is 5. The van der Waals surface area contributed by atoms with Crippen molar-refractivity contribution in [2.24, 2.45) is 5.92 Å². The minimum atomic E-state index is -4.01. The summed E-state index contributed by atoms with van der Waals surface area (Å²) < 4.78 is 30.9. The predicted octanol–water partition coefficient (Wildman–Crippen LogP) is 2.07. The van der Waals surface area contributed by atoms with Crippen LogP contribution in [0.4, 0.5) is 4.79 Å². The number of aliphatic carboxylic acids is 2. The molecule has 17 nitrogen and oxygen atoms in total. The molecule has 0 saturated heterocycles. The fraction of sp³-hybridized carbons (Fsp3) is 0.361. The maximum atomic E-state index is 13.7. The number of aromatic amines is 1. The van der Waals surface area contributed by atoms with Crippen molar-refractivity contribution in [2.75, 3.05) is 0 Å². The Morgan fingerprint density at radius 2 is 1.43 bits per heavy atom. The van der Waals surface area contributed by atoms with Gasteiger partial charge in [-0.1, -0.05) is 62.4 Å². The number of carboxylic acid groups (broad SMARTS) is 2. The van der Waals surface area contributed by atoms with Crippen molar-refractivity contribution >= 4 is 45.6 Å². The highest BCUT2D eigenvalue weighted by Crippen LogP contribution is 2.13. The van der Waals surface area contributed by atoms with Crippen LogP contribution in [0, 0.1) is 5.92 Å². The van der Waals surface area contributed by atoms with Gasteiger partial charge in [0.05, 0.1) is 29.4 Å². The lowest BCUT2D eigenvalue weighted by Crippen LogP contribution is -2.58. The zero-order chi connectivity index (χ0) is 39.7. The number of amides is 4. The summed E-state index contributed by atoms with van der Waals surface area (Å²) >= 11 is 0. The molecule has 4 amide bonds. The molecular weight excluding hydrogens is 724 g/mol. The predicted molar refractivity (Wildman–Crippen MR) is 193 cm³/mol. The molecule has 0 saturated carbocycles. The largest absolute Gasteiger partial charge is 0.481 e. The van der Waals surface area contributed by atoms with Crippen LogP contribution in [0.15, 0.2) is 89.6 Å². The number of sulfone groups is 1. The Hall–Kier alpha value is -6.04. The SMILES string of the molecule is CC(C)C[C@H](NC(=O)OCc1ccccc1)C(=O)N[C@@H](CCC(=O)O)C(=O)N[C@@H](Cc1c[nH]cn1)C(=O)N[C@H](/C=C/S(=O)(=O)c1ccccc1)CC(=O)O. The van der Waals surface area contributed by atoms with Crippen molar-refractivity contribution in [3.05, 3.63) is 95.9 Å². The lowest BCUT2D eigenvalue weighted by atomic mass is 10.0. The fourth-order valence-electron chi connectivity index (χ4n) is 5.04. The van der Waals surface area contributed by atoms with Gasteiger partial charge < -0.3 is 41.2 Å². The van der Waals surface area contributed by atoms with E-state index in [0.29, 0.717) is 11.3 Å². The molecule has 1 aromatic heterocycles. The third kappa shape index (κ3) is 14.9. The number of imidazole rings is 1. The van der Waals surface area contributed by atoms with Crippen LogP contribution in [0.5, 0.6) is 0 Å². The van der Waals surface area contributed by atoms with E-state index in [-0.39, 0.29) is 30.3 Å². The number of rotatable bonds is 21. The summed E-state index contributed by atoms with van der Waals surface area (Å²) in [5.41, 5.74) is 1.01. The zero-order valence-corrected chi connectivity index (χ0v) is 30.5. The van der Waals surface area contributed by atoms with Crippen LogP contribution in [-0.2, 0) is 51.6 Å². The van der Waals surface area contributed by atoms with Crippen molar-refractivity contribution in [1.82, 2.24) is 31.2 Å². The standard InChI is InChI=1S/C36H44N6O11S/c1-23(2)17-29(42-36(50)53-21-24-9-5-3-6-10-24)35(49)40-28(13-14-31(43)44)33(47)41-30(18-26-20-37-22-38-26)34(48)39-25(19-32(45)46)15-16-54(51,52)27-11-7-4-8-12-27/h3-12,15-16,20,22-23,25,28-30H,13-14,17-19,21H2,1-2H3,(H,37,38)(H,39,48)(H,40,49)(H,41,47)(H,42,50)(H,43,44)(H,45,46)/b16-15+/t25-,28+,29+,30+/m1/s1. The first kappa shape index (κ1) is 42.4. The van der Waals surface area contributed by atoms with Gasteiger partial charge in [0.1, 0.15) is 24.7 Å². The average Bonchev–Trinajstić information content (AvgIpc) is 3.64. The molecule has 0 spiro atoms. The van der Waals surface area contributed by atoms with Crippen LogP contribution in [-0.4, -0.2) is 88.5 Å². The quantitative estimate of drug-likeness (QED) is 0.0822. The monoisotopic (exact) mass is 768 g/mol. The molecule has 0 fully saturated rings. The zero-order valence-electron chi connectivity index (χ0n) is 29.6. The number of carbonyl (C=O) groups is 6. The maximum absolute atomic E-state index is 13.7. The molecule has 18 heteroatoms. The summed E-state index contributed by atoms with van der Waals surface area (Å²) in [7, 11) is -4.01. The first-order valence-corrected chi connectivity index (χ1v) is 18.5.